The summed E-state index contributed by atoms with van der Waals surface area (Å²) in [6, 6.07) is 6.14. The minimum Gasteiger partial charge on any atom is -0.494 e. The number of anilines is 2. The van der Waals surface area contributed by atoms with Gasteiger partial charge in [0.2, 0.25) is 10.9 Å². The maximum atomic E-state index is 13.3. The van der Waals surface area contributed by atoms with E-state index in [9.17, 15) is 36.7 Å². The van der Waals surface area contributed by atoms with E-state index in [0.717, 1.165) is 5.41 Å². The van der Waals surface area contributed by atoms with Crippen molar-refractivity contribution < 1.29 is 36.6 Å². The molecule has 0 aromatic heterocycles. The standard InChI is InChI=1S/C27H26N4O10S2/c1-7-43(38,39)23-12-22(41-6)19(9-14(23)3)29-31-25-20(32)10-17(27(34)35)24(26(25)33)30-28-18-8-13(2)16(11-21(18)40-5)15(4)42(36)37/h7-12,28-29H,1,4H2,2-3,5-6H3,(H,34,35)(H,36,37)/b30-24-,31-25+. The third kappa shape index (κ3) is 6.77. The molecule has 0 aliphatic rings. The number of carbonyl (C=O) groups is 1. The molecular formula is C27H26N4O10S2. The highest BCUT2D eigenvalue weighted by molar-refractivity contribution is 7.94. The van der Waals surface area contributed by atoms with E-state index in [1.165, 1.54) is 45.4 Å². The number of carboxylic acids is 1. The Bertz CT molecular complexity index is 2030. The molecule has 226 valence electrons. The first kappa shape index (κ1) is 32.6. The quantitative estimate of drug-likeness (QED) is 0.176. The monoisotopic (exact) mass is 630 g/mol. The average molecular weight is 631 g/mol. The molecule has 1 unspecified atom stereocenters. The summed E-state index contributed by atoms with van der Waals surface area (Å²) in [6.45, 7) is 9.99. The lowest BCUT2D eigenvalue weighted by Crippen LogP contribution is -2.50. The lowest BCUT2D eigenvalue weighted by molar-refractivity contribution is 0.0694. The van der Waals surface area contributed by atoms with E-state index in [1.54, 1.807) is 6.92 Å². The number of ether oxygens (including phenoxy) is 2. The highest BCUT2D eigenvalue weighted by atomic mass is 32.2. The van der Waals surface area contributed by atoms with Gasteiger partial charge >= 0.3 is 5.97 Å². The normalized spacial score (nSPS) is 12.9. The second-order valence-electron chi connectivity index (χ2n) is 8.77. The van der Waals surface area contributed by atoms with Gasteiger partial charge in [-0.15, -0.1) is 0 Å². The summed E-state index contributed by atoms with van der Waals surface area (Å²) < 4.78 is 56.0. The number of sulfone groups is 1. The lowest BCUT2D eigenvalue weighted by atomic mass is 10.1. The number of aryl methyl sites for hydroxylation is 2. The van der Waals surface area contributed by atoms with Crippen LogP contribution in [0.5, 0.6) is 11.5 Å². The molecule has 3 aromatic rings. The van der Waals surface area contributed by atoms with Gasteiger partial charge in [-0.1, -0.05) is 13.2 Å². The van der Waals surface area contributed by atoms with Crippen LogP contribution in [0.15, 0.2) is 73.6 Å². The number of hydrogen-bond donors (Lipinski definition) is 4. The van der Waals surface area contributed by atoms with E-state index >= 15 is 0 Å². The smallest absolute Gasteiger partial charge is 0.338 e. The molecule has 0 spiro atoms. The number of nitrogens with zero attached hydrogens (tertiary/aromatic N) is 2. The molecule has 1 atom stereocenters. The van der Waals surface area contributed by atoms with Crippen LogP contribution in [0.1, 0.15) is 27.0 Å². The van der Waals surface area contributed by atoms with Gasteiger partial charge in [0.25, 0.3) is 0 Å². The zero-order chi connectivity index (χ0) is 32.2. The molecule has 0 fully saturated rings. The molecular weight excluding hydrogens is 604 g/mol. The van der Waals surface area contributed by atoms with Crippen LogP contribution in [-0.4, -0.2) is 42.5 Å². The molecule has 0 amide bonds. The predicted molar refractivity (Wildman–Crippen MR) is 159 cm³/mol. The van der Waals surface area contributed by atoms with Crippen LogP contribution in [0.2, 0.25) is 0 Å². The molecule has 3 rings (SSSR count). The van der Waals surface area contributed by atoms with Crippen molar-refractivity contribution in [3.05, 3.63) is 102 Å². The van der Waals surface area contributed by atoms with Gasteiger partial charge < -0.3 is 19.1 Å². The third-order valence-corrected chi connectivity index (χ3v) is 8.21. The van der Waals surface area contributed by atoms with Crippen molar-refractivity contribution in [1.29, 1.82) is 0 Å². The number of hydrogen-bond acceptors (Lipinski definition) is 12. The van der Waals surface area contributed by atoms with E-state index in [1.807, 2.05) is 0 Å². The minimum absolute atomic E-state index is 0.0158. The highest BCUT2D eigenvalue weighted by Crippen LogP contribution is 2.33. The fourth-order valence-corrected chi connectivity index (χ4v) is 5.25. The van der Waals surface area contributed by atoms with Crippen LogP contribution in [0.3, 0.4) is 0 Å². The van der Waals surface area contributed by atoms with Crippen LogP contribution in [-0.2, 0) is 20.9 Å². The Hall–Kier alpha value is -4.93. The Balaban J connectivity index is 2.18. The van der Waals surface area contributed by atoms with Crippen molar-refractivity contribution in [2.75, 3.05) is 25.1 Å². The van der Waals surface area contributed by atoms with E-state index < -0.39 is 54.0 Å². The molecule has 16 heteroatoms. The molecule has 0 aliphatic heterocycles. The summed E-state index contributed by atoms with van der Waals surface area (Å²) in [5.41, 5.74) is 3.53. The Morgan fingerprint density at radius 1 is 0.930 bits per heavy atom. The van der Waals surface area contributed by atoms with Gasteiger partial charge in [-0.2, -0.15) is 10.2 Å². The van der Waals surface area contributed by atoms with Gasteiger partial charge in [0.1, 0.15) is 16.9 Å². The average Bonchev–Trinajstić information content (AvgIpc) is 2.95. The summed E-state index contributed by atoms with van der Waals surface area (Å²) in [5.74, 6) is -1.47. The van der Waals surface area contributed by atoms with Gasteiger partial charge in [-0.3, -0.25) is 20.4 Å². The predicted octanol–water partition coefficient (Wildman–Crippen LogP) is 1.58. The first-order chi connectivity index (χ1) is 20.2. The second-order valence-corrected chi connectivity index (χ2v) is 11.6. The molecule has 0 heterocycles. The Morgan fingerprint density at radius 3 is 1.98 bits per heavy atom. The van der Waals surface area contributed by atoms with Crippen molar-refractivity contribution in [3.8, 4) is 11.5 Å². The van der Waals surface area contributed by atoms with Gasteiger partial charge in [-0.25, -0.2) is 17.4 Å². The van der Waals surface area contributed by atoms with Crippen molar-refractivity contribution in [3.63, 3.8) is 0 Å². The van der Waals surface area contributed by atoms with Crippen molar-refractivity contribution in [2.45, 2.75) is 18.7 Å². The number of rotatable bonds is 11. The van der Waals surface area contributed by atoms with Gasteiger partial charge in [0.15, 0.2) is 26.3 Å². The first-order valence-corrected chi connectivity index (χ1v) is 14.6. The molecule has 14 nitrogen and oxygen atoms in total. The molecule has 0 bridgehead atoms. The van der Waals surface area contributed by atoms with Crippen LogP contribution in [0.4, 0.5) is 11.4 Å². The Morgan fingerprint density at radius 2 is 1.47 bits per heavy atom. The van der Waals surface area contributed by atoms with Crippen LogP contribution in [0.25, 0.3) is 4.91 Å². The minimum atomic E-state index is -3.81. The summed E-state index contributed by atoms with van der Waals surface area (Å²) in [5, 5.41) is 16.8. The molecule has 43 heavy (non-hydrogen) atoms. The first-order valence-electron chi connectivity index (χ1n) is 11.9. The SMILES string of the molecule is C=CS(=O)(=O)c1cc(OC)c(N/N=c2\c(=O)cc(C(=O)O)/c(=N/Nc3cc(C)c(C(=C)S(=O)O)cc3OC)c2=O)cc1C. The van der Waals surface area contributed by atoms with Gasteiger partial charge in [0.05, 0.1) is 41.0 Å². The summed E-state index contributed by atoms with van der Waals surface area (Å²) in [7, 11) is -1.23. The molecule has 0 saturated carbocycles. The molecule has 4 N–H and O–H groups in total. The van der Waals surface area contributed by atoms with E-state index in [2.05, 4.69) is 34.2 Å². The molecule has 0 aliphatic carbocycles. The zero-order valence-electron chi connectivity index (χ0n) is 23.2. The van der Waals surface area contributed by atoms with E-state index in [4.69, 9.17) is 9.47 Å². The van der Waals surface area contributed by atoms with Crippen LogP contribution >= 0.6 is 0 Å². The Kier molecular flexibility index (Phi) is 9.80. The molecule has 0 radical (unpaired) electrons. The highest BCUT2D eigenvalue weighted by Gasteiger charge is 2.19. The van der Waals surface area contributed by atoms with Crippen LogP contribution in [0, 0.1) is 13.8 Å². The summed E-state index contributed by atoms with van der Waals surface area (Å²) in [4.78, 5) is 37.7. The van der Waals surface area contributed by atoms with E-state index in [0.29, 0.717) is 17.2 Å². The fourth-order valence-electron chi connectivity index (χ4n) is 3.89. The van der Waals surface area contributed by atoms with Crippen molar-refractivity contribution in [1.82, 2.24) is 0 Å². The molecule has 3 aromatic carbocycles. The number of aromatic carboxylic acids is 1. The summed E-state index contributed by atoms with van der Waals surface area (Å²) in [6.07, 6.45) is 0. The van der Waals surface area contributed by atoms with Crippen molar-refractivity contribution >= 4 is 43.2 Å². The van der Waals surface area contributed by atoms with Crippen LogP contribution < -0.4 is 41.9 Å². The summed E-state index contributed by atoms with van der Waals surface area (Å²) >= 11 is -2.35. The maximum absolute atomic E-state index is 13.3. The Labute approximate surface area is 247 Å². The molecule has 0 saturated heterocycles. The largest absolute Gasteiger partial charge is 0.494 e. The van der Waals surface area contributed by atoms with E-state index in [-0.39, 0.29) is 38.2 Å². The topological polar surface area (TPSA) is 210 Å². The number of benzene rings is 3. The third-order valence-electron chi connectivity index (χ3n) is 6.08. The zero-order valence-corrected chi connectivity index (χ0v) is 24.9. The number of methoxy groups -OCH3 is 2. The lowest BCUT2D eigenvalue weighted by Gasteiger charge is -2.13. The fraction of sp³-hybridized carbons (Fsp3) is 0.148. The van der Waals surface area contributed by atoms with Gasteiger partial charge in [0, 0.05) is 17.5 Å². The number of nitrogens with one attached hydrogen (secondary N) is 2. The van der Waals surface area contributed by atoms with Crippen molar-refractivity contribution in [2.24, 2.45) is 10.2 Å². The second kappa shape index (κ2) is 12.9. The maximum Gasteiger partial charge on any atom is 0.338 e. The number of carboxylic acid groups (broad SMARTS) is 1. The van der Waals surface area contributed by atoms with Gasteiger partial charge in [-0.05, 0) is 48.7 Å².